The fourth-order valence-electron chi connectivity index (χ4n) is 3.22. The maximum atomic E-state index is 12.2. The lowest BCUT2D eigenvalue weighted by atomic mass is 9.95. The Morgan fingerprint density at radius 3 is 2.38 bits per heavy atom. The van der Waals surface area contributed by atoms with Gasteiger partial charge in [-0.05, 0) is 32.8 Å². The fourth-order valence-corrected chi connectivity index (χ4v) is 4.36. The molecule has 0 aromatic carbocycles. The summed E-state index contributed by atoms with van der Waals surface area (Å²) in [6.07, 6.45) is 6.88. The molecule has 0 amide bonds. The summed E-state index contributed by atoms with van der Waals surface area (Å²) in [6.45, 7) is 5.17. The van der Waals surface area contributed by atoms with E-state index in [-0.39, 0.29) is 12.0 Å². The lowest BCUT2D eigenvalue weighted by Gasteiger charge is -2.32. The van der Waals surface area contributed by atoms with Crippen LogP contribution in [0.3, 0.4) is 0 Å². The zero-order valence-electron chi connectivity index (χ0n) is 15.7. The third kappa shape index (κ3) is 3.65. The molecule has 1 aliphatic heterocycles. The van der Waals surface area contributed by atoms with Gasteiger partial charge in [0.2, 0.25) is 0 Å². The SMILES string of the molecule is CC(C)n1nccc1-c1cnc(C2CCN(S(=O)(=O)N(C)C)CC2)cn1. The van der Waals surface area contributed by atoms with E-state index in [1.54, 1.807) is 26.5 Å². The van der Waals surface area contributed by atoms with E-state index in [0.29, 0.717) is 13.1 Å². The second-order valence-corrected chi connectivity index (χ2v) is 9.19. The lowest BCUT2D eigenvalue weighted by molar-refractivity contribution is 0.300. The minimum Gasteiger partial charge on any atom is -0.261 e. The van der Waals surface area contributed by atoms with E-state index in [1.807, 2.05) is 16.9 Å². The van der Waals surface area contributed by atoms with Crippen molar-refractivity contribution in [3.05, 3.63) is 30.4 Å². The molecule has 2 aromatic heterocycles. The van der Waals surface area contributed by atoms with Crippen molar-refractivity contribution < 1.29 is 8.42 Å². The summed E-state index contributed by atoms with van der Waals surface area (Å²) >= 11 is 0. The highest BCUT2D eigenvalue weighted by Gasteiger charge is 2.30. The molecule has 0 atom stereocenters. The molecule has 9 heteroatoms. The van der Waals surface area contributed by atoms with Crippen molar-refractivity contribution in [1.29, 1.82) is 0 Å². The van der Waals surface area contributed by atoms with E-state index in [9.17, 15) is 8.42 Å². The smallest absolute Gasteiger partial charge is 0.261 e. The molecular formula is C17H26N6O2S. The van der Waals surface area contributed by atoms with Crippen LogP contribution in [0.25, 0.3) is 11.4 Å². The molecule has 0 N–H and O–H groups in total. The summed E-state index contributed by atoms with van der Waals surface area (Å²) in [5.74, 6) is 0.236. The van der Waals surface area contributed by atoms with Gasteiger partial charge in [-0.3, -0.25) is 14.6 Å². The van der Waals surface area contributed by atoms with Gasteiger partial charge in [0.15, 0.2) is 0 Å². The molecule has 0 saturated carbocycles. The molecule has 1 saturated heterocycles. The first-order valence-corrected chi connectivity index (χ1v) is 10.2. The summed E-state index contributed by atoms with van der Waals surface area (Å²) in [5.41, 5.74) is 2.67. The van der Waals surface area contributed by atoms with Gasteiger partial charge in [0.05, 0.1) is 17.6 Å². The van der Waals surface area contributed by atoms with Gasteiger partial charge in [-0.2, -0.15) is 22.1 Å². The van der Waals surface area contributed by atoms with Crippen molar-refractivity contribution >= 4 is 10.2 Å². The molecule has 0 radical (unpaired) electrons. The predicted molar refractivity (Wildman–Crippen MR) is 99.8 cm³/mol. The number of rotatable bonds is 5. The van der Waals surface area contributed by atoms with Crippen LogP contribution in [0.15, 0.2) is 24.7 Å². The molecule has 142 valence electrons. The summed E-state index contributed by atoms with van der Waals surface area (Å²) in [5, 5.41) is 4.33. The molecule has 0 bridgehead atoms. The van der Waals surface area contributed by atoms with E-state index in [4.69, 9.17) is 0 Å². The summed E-state index contributed by atoms with van der Waals surface area (Å²) in [7, 11) is -0.208. The fraction of sp³-hybridized carbons (Fsp3) is 0.588. The first-order chi connectivity index (χ1) is 12.3. The third-order valence-electron chi connectivity index (χ3n) is 4.75. The lowest BCUT2D eigenvalue weighted by Crippen LogP contribution is -2.44. The van der Waals surface area contributed by atoms with Gasteiger partial charge in [-0.25, -0.2) is 0 Å². The van der Waals surface area contributed by atoms with Crippen molar-refractivity contribution in [2.24, 2.45) is 0 Å². The zero-order valence-corrected chi connectivity index (χ0v) is 16.5. The highest BCUT2D eigenvalue weighted by atomic mass is 32.2. The van der Waals surface area contributed by atoms with Crippen LogP contribution in [0, 0.1) is 0 Å². The minimum absolute atomic E-state index is 0.236. The van der Waals surface area contributed by atoms with Crippen LogP contribution in [0.2, 0.25) is 0 Å². The Hall–Kier alpha value is -1.84. The average molecular weight is 379 g/mol. The van der Waals surface area contributed by atoms with Crippen LogP contribution in [0.5, 0.6) is 0 Å². The normalized spacial score (nSPS) is 17.3. The van der Waals surface area contributed by atoms with E-state index in [1.165, 1.54) is 8.61 Å². The van der Waals surface area contributed by atoms with Crippen molar-refractivity contribution in [2.75, 3.05) is 27.2 Å². The summed E-state index contributed by atoms with van der Waals surface area (Å²) in [6, 6.07) is 2.19. The van der Waals surface area contributed by atoms with Crippen LogP contribution in [0.1, 0.15) is 44.3 Å². The summed E-state index contributed by atoms with van der Waals surface area (Å²) in [4.78, 5) is 9.17. The van der Waals surface area contributed by atoms with Gasteiger partial charge in [-0.1, -0.05) is 0 Å². The van der Waals surface area contributed by atoms with Gasteiger partial charge in [-0.15, -0.1) is 0 Å². The van der Waals surface area contributed by atoms with Crippen molar-refractivity contribution in [2.45, 2.75) is 38.6 Å². The molecule has 1 fully saturated rings. The standard InChI is InChI=1S/C17H26N6O2S/c1-13(2)23-17(5-8-20-23)16-12-18-15(11-19-16)14-6-9-22(10-7-14)26(24,25)21(3)4/h5,8,11-14H,6-7,9-10H2,1-4H3. The number of nitrogens with zero attached hydrogens (tertiary/aromatic N) is 6. The molecule has 8 nitrogen and oxygen atoms in total. The van der Waals surface area contributed by atoms with Crippen LogP contribution in [-0.4, -0.2) is 64.0 Å². The molecular weight excluding hydrogens is 352 g/mol. The molecule has 0 spiro atoms. The van der Waals surface area contributed by atoms with Crippen LogP contribution in [0.4, 0.5) is 0 Å². The Bertz CT molecular complexity index is 836. The second kappa shape index (κ2) is 7.42. The molecule has 26 heavy (non-hydrogen) atoms. The number of hydrogen-bond donors (Lipinski definition) is 0. The first kappa shape index (κ1) is 18.9. The summed E-state index contributed by atoms with van der Waals surface area (Å²) < 4.78 is 29.1. The van der Waals surface area contributed by atoms with E-state index >= 15 is 0 Å². The largest absolute Gasteiger partial charge is 0.281 e. The highest BCUT2D eigenvalue weighted by Crippen LogP contribution is 2.29. The Morgan fingerprint density at radius 1 is 1.15 bits per heavy atom. The molecule has 3 rings (SSSR count). The number of aromatic nitrogens is 4. The Morgan fingerprint density at radius 2 is 1.85 bits per heavy atom. The first-order valence-electron chi connectivity index (χ1n) is 8.84. The monoisotopic (exact) mass is 378 g/mol. The Labute approximate surface area is 155 Å². The molecule has 3 heterocycles. The third-order valence-corrected chi connectivity index (χ3v) is 6.69. The van der Waals surface area contributed by atoms with Crippen LogP contribution in [-0.2, 0) is 10.2 Å². The van der Waals surface area contributed by atoms with E-state index in [2.05, 4.69) is 28.9 Å². The van der Waals surface area contributed by atoms with E-state index in [0.717, 1.165) is 29.9 Å². The zero-order chi connectivity index (χ0) is 18.9. The maximum Gasteiger partial charge on any atom is 0.281 e. The minimum atomic E-state index is -3.33. The van der Waals surface area contributed by atoms with Crippen molar-refractivity contribution in [1.82, 2.24) is 28.4 Å². The Kier molecular flexibility index (Phi) is 5.40. The molecule has 0 unspecified atom stereocenters. The van der Waals surface area contributed by atoms with Gasteiger partial charge in [0.25, 0.3) is 10.2 Å². The predicted octanol–water partition coefficient (Wildman–Crippen LogP) is 1.91. The molecule has 0 aliphatic carbocycles. The Balaban J connectivity index is 1.70. The maximum absolute atomic E-state index is 12.2. The van der Waals surface area contributed by atoms with Crippen LogP contribution < -0.4 is 0 Å². The van der Waals surface area contributed by atoms with Gasteiger partial charge >= 0.3 is 0 Å². The topological polar surface area (TPSA) is 84.2 Å². The van der Waals surface area contributed by atoms with E-state index < -0.39 is 10.2 Å². The molecule has 2 aromatic rings. The average Bonchev–Trinajstić information content (AvgIpc) is 3.12. The van der Waals surface area contributed by atoms with Crippen LogP contribution >= 0.6 is 0 Å². The molecule has 1 aliphatic rings. The van der Waals surface area contributed by atoms with Crippen molar-refractivity contribution in [3.8, 4) is 11.4 Å². The highest BCUT2D eigenvalue weighted by molar-refractivity contribution is 7.86. The number of piperidine rings is 1. The second-order valence-electron chi connectivity index (χ2n) is 7.04. The van der Waals surface area contributed by atoms with Crippen molar-refractivity contribution in [3.63, 3.8) is 0 Å². The number of hydrogen-bond acceptors (Lipinski definition) is 5. The van der Waals surface area contributed by atoms with Gasteiger partial charge < -0.3 is 0 Å². The van der Waals surface area contributed by atoms with Gasteiger partial charge in [0, 0.05) is 51.5 Å². The quantitative estimate of drug-likeness (QED) is 0.793. The van der Waals surface area contributed by atoms with Gasteiger partial charge in [0.1, 0.15) is 5.69 Å².